The molecule has 2 rings (SSSR count). The summed E-state index contributed by atoms with van der Waals surface area (Å²) in [7, 11) is 0. The number of hydrogen-bond acceptors (Lipinski definition) is 3. The molecule has 0 spiro atoms. The van der Waals surface area contributed by atoms with Crippen molar-refractivity contribution in [2.45, 2.75) is 9.79 Å². The zero-order valence-electron chi connectivity index (χ0n) is 6.87. The fourth-order valence-electron chi connectivity index (χ4n) is 1.23. The molecule has 68 valence electrons. The predicted molar refractivity (Wildman–Crippen MR) is 65.9 cm³/mol. The molecular formula is C9H7ClS3. The van der Waals surface area contributed by atoms with Gasteiger partial charge in [0, 0.05) is 19.9 Å². The lowest BCUT2D eigenvalue weighted by molar-refractivity contribution is 1.42. The van der Waals surface area contributed by atoms with E-state index >= 15 is 0 Å². The molecule has 0 amide bonds. The Hall–Kier alpha value is 0.170. The van der Waals surface area contributed by atoms with Gasteiger partial charge in [-0.05, 0) is 24.5 Å². The number of benzene rings is 1. The van der Waals surface area contributed by atoms with Crippen LogP contribution in [0.2, 0.25) is 4.34 Å². The first-order valence-electron chi connectivity index (χ1n) is 3.67. The van der Waals surface area contributed by atoms with Gasteiger partial charge in [-0.3, -0.25) is 0 Å². The van der Waals surface area contributed by atoms with E-state index in [1.54, 1.807) is 23.1 Å². The van der Waals surface area contributed by atoms with E-state index in [9.17, 15) is 0 Å². The summed E-state index contributed by atoms with van der Waals surface area (Å²) in [5.74, 6) is 0. The minimum Gasteiger partial charge on any atom is -0.143 e. The summed E-state index contributed by atoms with van der Waals surface area (Å²) in [6, 6.07) is 6.13. The van der Waals surface area contributed by atoms with E-state index in [4.69, 9.17) is 11.6 Å². The topological polar surface area (TPSA) is 0 Å². The van der Waals surface area contributed by atoms with Crippen molar-refractivity contribution in [3.8, 4) is 0 Å². The summed E-state index contributed by atoms with van der Waals surface area (Å²) < 4.78 is 2.05. The molecule has 1 aromatic carbocycles. The highest BCUT2D eigenvalue weighted by molar-refractivity contribution is 7.98. The van der Waals surface area contributed by atoms with Gasteiger partial charge in [0.2, 0.25) is 0 Å². The summed E-state index contributed by atoms with van der Waals surface area (Å²) >= 11 is 13.6. The number of halogens is 1. The van der Waals surface area contributed by atoms with Crippen LogP contribution >= 0.6 is 47.3 Å². The van der Waals surface area contributed by atoms with Crippen LogP contribution in [0.15, 0.2) is 28.0 Å². The first-order chi connectivity index (χ1) is 6.20. The Kier molecular flexibility index (Phi) is 2.79. The standard InChI is InChI=1S/C9H7ClS3/c1-12-7-2-5(11)3-8-6(7)4-9(10)13-8/h2-4,11H,1H3. The molecule has 0 aliphatic carbocycles. The van der Waals surface area contributed by atoms with Crippen LogP contribution in [-0.4, -0.2) is 6.26 Å². The highest BCUT2D eigenvalue weighted by atomic mass is 35.5. The van der Waals surface area contributed by atoms with Gasteiger partial charge in [-0.2, -0.15) is 0 Å². The van der Waals surface area contributed by atoms with Crippen molar-refractivity contribution in [3.63, 3.8) is 0 Å². The van der Waals surface area contributed by atoms with Crippen LogP contribution in [0.1, 0.15) is 0 Å². The third-order valence-corrected chi connectivity index (χ3v) is 4.02. The maximum absolute atomic E-state index is 5.95. The molecular weight excluding hydrogens is 240 g/mol. The average molecular weight is 247 g/mol. The zero-order valence-corrected chi connectivity index (χ0v) is 10.2. The molecule has 0 nitrogen and oxygen atoms in total. The number of rotatable bonds is 1. The molecule has 0 saturated heterocycles. The molecule has 0 atom stereocenters. The molecule has 0 saturated carbocycles. The van der Waals surface area contributed by atoms with E-state index in [2.05, 4.69) is 31.0 Å². The van der Waals surface area contributed by atoms with E-state index in [0.717, 1.165) is 9.23 Å². The van der Waals surface area contributed by atoms with Gasteiger partial charge in [0.05, 0.1) is 4.34 Å². The third kappa shape index (κ3) is 1.84. The Labute approximate surface area is 95.7 Å². The van der Waals surface area contributed by atoms with E-state index in [1.807, 2.05) is 6.07 Å². The fraction of sp³-hybridized carbons (Fsp3) is 0.111. The van der Waals surface area contributed by atoms with Gasteiger partial charge in [-0.15, -0.1) is 35.7 Å². The van der Waals surface area contributed by atoms with Crippen LogP contribution in [0.5, 0.6) is 0 Å². The summed E-state index contributed by atoms with van der Waals surface area (Å²) in [6.07, 6.45) is 2.06. The van der Waals surface area contributed by atoms with Crippen molar-refractivity contribution in [2.75, 3.05) is 6.26 Å². The predicted octanol–water partition coefficient (Wildman–Crippen LogP) is 4.57. The van der Waals surface area contributed by atoms with Crippen molar-refractivity contribution in [1.29, 1.82) is 0 Å². The van der Waals surface area contributed by atoms with Crippen LogP contribution in [0.3, 0.4) is 0 Å². The van der Waals surface area contributed by atoms with Crippen LogP contribution in [-0.2, 0) is 0 Å². The minimum atomic E-state index is 0.837. The van der Waals surface area contributed by atoms with Crippen LogP contribution < -0.4 is 0 Å². The fourth-order valence-corrected chi connectivity index (χ4v) is 3.57. The molecule has 0 N–H and O–H groups in total. The minimum absolute atomic E-state index is 0.837. The normalized spacial score (nSPS) is 11.0. The Bertz CT molecular complexity index is 447. The summed E-state index contributed by atoms with van der Waals surface area (Å²) in [5, 5.41) is 1.24. The van der Waals surface area contributed by atoms with Crippen LogP contribution in [0.25, 0.3) is 10.1 Å². The second-order valence-electron chi connectivity index (χ2n) is 2.61. The molecule has 0 aliphatic rings. The monoisotopic (exact) mass is 246 g/mol. The molecule has 0 radical (unpaired) electrons. The Morgan fingerprint density at radius 2 is 2.15 bits per heavy atom. The average Bonchev–Trinajstić information content (AvgIpc) is 2.43. The molecule has 2 aromatic rings. The molecule has 0 unspecified atom stereocenters. The van der Waals surface area contributed by atoms with Crippen LogP contribution in [0, 0.1) is 0 Å². The number of thiophene rings is 1. The van der Waals surface area contributed by atoms with Crippen molar-refractivity contribution in [3.05, 3.63) is 22.5 Å². The summed E-state index contributed by atoms with van der Waals surface area (Å²) in [4.78, 5) is 2.24. The smallest absolute Gasteiger partial charge is 0.0941 e. The Balaban J connectivity index is 2.80. The second-order valence-corrected chi connectivity index (χ2v) is 5.69. The first kappa shape index (κ1) is 9.71. The lowest BCUT2D eigenvalue weighted by Gasteiger charge is -1.99. The maximum Gasteiger partial charge on any atom is 0.0941 e. The highest BCUT2D eigenvalue weighted by Crippen LogP contribution is 2.36. The Morgan fingerprint density at radius 1 is 1.38 bits per heavy atom. The highest BCUT2D eigenvalue weighted by Gasteiger charge is 2.05. The largest absolute Gasteiger partial charge is 0.143 e. The molecule has 4 heteroatoms. The third-order valence-electron chi connectivity index (χ3n) is 1.77. The summed E-state index contributed by atoms with van der Waals surface area (Å²) in [5.41, 5.74) is 0. The van der Waals surface area contributed by atoms with Gasteiger partial charge in [-0.25, -0.2) is 0 Å². The first-order valence-corrected chi connectivity index (χ1v) is 6.53. The maximum atomic E-state index is 5.95. The second kappa shape index (κ2) is 3.73. The molecule has 1 heterocycles. The van der Waals surface area contributed by atoms with Gasteiger partial charge >= 0.3 is 0 Å². The molecule has 13 heavy (non-hydrogen) atoms. The molecule has 1 aromatic heterocycles. The number of thioether (sulfide) groups is 1. The van der Waals surface area contributed by atoms with E-state index in [1.165, 1.54) is 15.0 Å². The van der Waals surface area contributed by atoms with Gasteiger partial charge in [0.25, 0.3) is 0 Å². The quantitative estimate of drug-likeness (QED) is 0.568. The lowest BCUT2D eigenvalue weighted by Crippen LogP contribution is -1.72. The molecule has 0 fully saturated rings. The molecule has 0 aliphatic heterocycles. The van der Waals surface area contributed by atoms with Crippen LogP contribution in [0.4, 0.5) is 0 Å². The summed E-state index contributed by atoms with van der Waals surface area (Å²) in [6.45, 7) is 0. The van der Waals surface area contributed by atoms with E-state index < -0.39 is 0 Å². The number of hydrogen-bond donors (Lipinski definition) is 1. The van der Waals surface area contributed by atoms with Gasteiger partial charge in [0.15, 0.2) is 0 Å². The number of thiol groups is 1. The van der Waals surface area contributed by atoms with Crippen molar-refractivity contribution >= 4 is 57.4 Å². The SMILES string of the molecule is CSc1cc(S)cc2sc(Cl)cc12. The van der Waals surface area contributed by atoms with Crippen molar-refractivity contribution < 1.29 is 0 Å². The van der Waals surface area contributed by atoms with E-state index in [0.29, 0.717) is 0 Å². The Morgan fingerprint density at radius 3 is 2.85 bits per heavy atom. The molecule has 0 bridgehead atoms. The van der Waals surface area contributed by atoms with Gasteiger partial charge in [-0.1, -0.05) is 11.6 Å². The zero-order chi connectivity index (χ0) is 9.42. The van der Waals surface area contributed by atoms with Crippen molar-refractivity contribution in [2.24, 2.45) is 0 Å². The van der Waals surface area contributed by atoms with E-state index in [-0.39, 0.29) is 0 Å². The van der Waals surface area contributed by atoms with Gasteiger partial charge in [0.1, 0.15) is 0 Å². The van der Waals surface area contributed by atoms with Crippen molar-refractivity contribution in [1.82, 2.24) is 0 Å². The number of fused-ring (bicyclic) bond motifs is 1. The van der Waals surface area contributed by atoms with Gasteiger partial charge < -0.3 is 0 Å². The lowest BCUT2D eigenvalue weighted by atomic mass is 10.3.